The molecule has 9 heteroatoms. The third-order valence-electron chi connectivity index (χ3n) is 4.00. The Balaban J connectivity index is 1.80. The van der Waals surface area contributed by atoms with Crippen molar-refractivity contribution in [2.45, 2.75) is 13.3 Å². The Morgan fingerprint density at radius 1 is 1.27 bits per heavy atom. The zero-order chi connectivity index (χ0) is 17.9. The third kappa shape index (κ3) is 3.06. The van der Waals surface area contributed by atoms with Gasteiger partial charge in [-0.3, -0.25) is 10.3 Å². The molecule has 0 aliphatic carbocycles. The summed E-state index contributed by atoms with van der Waals surface area (Å²) in [6.07, 6.45) is 7.78. The van der Waals surface area contributed by atoms with Gasteiger partial charge < -0.3 is 10.3 Å². The quantitative estimate of drug-likeness (QED) is 0.669. The molecule has 0 spiro atoms. The van der Waals surface area contributed by atoms with E-state index in [1.807, 2.05) is 30.3 Å². The summed E-state index contributed by atoms with van der Waals surface area (Å²) in [5, 5.41) is 11.7. The van der Waals surface area contributed by atoms with Gasteiger partial charge in [0.25, 0.3) is 0 Å². The third-order valence-corrected chi connectivity index (χ3v) is 4.00. The number of fused-ring (bicyclic) bond motifs is 1. The minimum atomic E-state index is -0.302. The average molecular weight is 350 g/mol. The van der Waals surface area contributed by atoms with Gasteiger partial charge in [-0.2, -0.15) is 5.10 Å². The van der Waals surface area contributed by atoms with Crippen molar-refractivity contribution in [2.75, 3.05) is 23.4 Å². The van der Waals surface area contributed by atoms with Crippen molar-refractivity contribution in [1.82, 2.24) is 25.3 Å². The molecular weight excluding hydrogens is 332 g/mol. The maximum atomic E-state index is 11.8. The second-order valence-electron chi connectivity index (χ2n) is 5.80. The van der Waals surface area contributed by atoms with E-state index in [4.69, 9.17) is 0 Å². The number of rotatable bonds is 4. The van der Waals surface area contributed by atoms with Gasteiger partial charge >= 0.3 is 6.03 Å². The fraction of sp³-hybridized carbons (Fsp3) is 0.235. The molecule has 3 aromatic rings. The highest BCUT2D eigenvalue weighted by molar-refractivity contribution is 5.97. The number of amides is 2. The maximum absolute atomic E-state index is 11.8. The lowest BCUT2D eigenvalue weighted by Gasteiger charge is -2.15. The lowest BCUT2D eigenvalue weighted by molar-refractivity contribution is 0.252. The van der Waals surface area contributed by atoms with E-state index < -0.39 is 0 Å². The molecule has 0 unspecified atom stereocenters. The fourth-order valence-corrected chi connectivity index (χ4v) is 2.86. The van der Waals surface area contributed by atoms with Gasteiger partial charge in [0.2, 0.25) is 5.95 Å². The summed E-state index contributed by atoms with van der Waals surface area (Å²) in [4.78, 5) is 27.7. The van der Waals surface area contributed by atoms with Crippen molar-refractivity contribution in [2.24, 2.45) is 5.10 Å². The molecule has 4 rings (SSSR count). The maximum Gasteiger partial charge on any atom is 0.321 e. The summed E-state index contributed by atoms with van der Waals surface area (Å²) in [6.45, 7) is 3.18. The highest BCUT2D eigenvalue weighted by Gasteiger charge is 2.18. The second-order valence-corrected chi connectivity index (χ2v) is 5.80. The lowest BCUT2D eigenvalue weighted by atomic mass is 10.1. The van der Waals surface area contributed by atoms with E-state index in [-0.39, 0.29) is 6.03 Å². The molecule has 1 aromatic carbocycles. The number of nitrogens with one attached hydrogen (secondary N) is 3. The van der Waals surface area contributed by atoms with E-state index >= 15 is 0 Å². The first kappa shape index (κ1) is 16.0. The number of aromatic nitrogens is 4. The molecule has 26 heavy (non-hydrogen) atoms. The van der Waals surface area contributed by atoms with Crippen LogP contribution in [0.2, 0.25) is 0 Å². The minimum absolute atomic E-state index is 0.302. The highest BCUT2D eigenvalue weighted by atomic mass is 16.2. The molecular formula is C17H18N8O. The van der Waals surface area contributed by atoms with Gasteiger partial charge in [0, 0.05) is 43.7 Å². The Kier molecular flexibility index (Phi) is 4.18. The number of aromatic amines is 1. The van der Waals surface area contributed by atoms with Crippen LogP contribution in [0.15, 0.2) is 36.0 Å². The number of urea groups is 1. The topological polar surface area (TPSA) is 111 Å². The van der Waals surface area contributed by atoms with Crippen LogP contribution in [-0.4, -0.2) is 45.3 Å². The van der Waals surface area contributed by atoms with Crippen LogP contribution in [0.1, 0.15) is 13.3 Å². The average Bonchev–Trinajstić information content (AvgIpc) is 3.31. The smallest absolute Gasteiger partial charge is 0.321 e. The molecule has 1 aliphatic heterocycles. The normalized spacial score (nSPS) is 13.3. The summed E-state index contributed by atoms with van der Waals surface area (Å²) in [7, 11) is 0. The fourth-order valence-electron chi connectivity index (χ4n) is 2.86. The van der Waals surface area contributed by atoms with Crippen LogP contribution < -0.4 is 15.6 Å². The predicted octanol–water partition coefficient (Wildman–Crippen LogP) is 2.36. The van der Waals surface area contributed by atoms with Crippen molar-refractivity contribution in [3.05, 3.63) is 30.9 Å². The van der Waals surface area contributed by atoms with Crippen molar-refractivity contribution >= 4 is 34.9 Å². The molecule has 0 bridgehead atoms. The molecule has 132 valence electrons. The van der Waals surface area contributed by atoms with Gasteiger partial charge in [-0.15, -0.1) is 0 Å². The Bertz CT molecular complexity index is 966. The largest absolute Gasteiger partial charge is 0.338 e. The number of carbonyl (C=O) groups excluding carboxylic acids is 1. The van der Waals surface area contributed by atoms with Crippen LogP contribution >= 0.6 is 0 Å². The van der Waals surface area contributed by atoms with Crippen molar-refractivity contribution < 1.29 is 4.79 Å². The first-order valence-electron chi connectivity index (χ1n) is 8.38. The van der Waals surface area contributed by atoms with Gasteiger partial charge in [0.15, 0.2) is 0 Å². The number of benzene rings is 1. The molecule has 2 amide bonds. The Labute approximate surface area is 149 Å². The van der Waals surface area contributed by atoms with Crippen molar-refractivity contribution in [3.63, 3.8) is 0 Å². The molecule has 1 aliphatic rings. The number of hydrazone groups is 1. The number of hydrogen-bond acceptors (Lipinski definition) is 6. The molecule has 9 nitrogen and oxygen atoms in total. The standard InChI is InChI=1S/C17H18N8O/c1-2-20-17(26)24-16-22-13-6-11(12-8-18-10-19-9-12)7-14(15(13)23-16)25-5-3-4-21-25/h4,6-10H,2-3,5H2,1H3,(H3,20,22,23,24,26). The molecule has 3 N–H and O–H groups in total. The van der Waals surface area contributed by atoms with E-state index in [2.05, 4.69) is 35.7 Å². The van der Waals surface area contributed by atoms with Gasteiger partial charge in [-0.05, 0) is 24.6 Å². The van der Waals surface area contributed by atoms with E-state index in [9.17, 15) is 4.79 Å². The molecule has 2 aromatic heterocycles. The summed E-state index contributed by atoms with van der Waals surface area (Å²) < 4.78 is 0. The van der Waals surface area contributed by atoms with E-state index in [1.165, 1.54) is 6.33 Å². The van der Waals surface area contributed by atoms with E-state index in [1.54, 1.807) is 12.4 Å². The van der Waals surface area contributed by atoms with Crippen LogP contribution in [-0.2, 0) is 0 Å². The van der Waals surface area contributed by atoms with Gasteiger partial charge in [0.05, 0.1) is 11.2 Å². The predicted molar refractivity (Wildman–Crippen MR) is 100 cm³/mol. The first-order valence-corrected chi connectivity index (χ1v) is 8.38. The number of nitrogens with zero attached hydrogens (tertiary/aromatic N) is 5. The van der Waals surface area contributed by atoms with Gasteiger partial charge in [0.1, 0.15) is 11.8 Å². The van der Waals surface area contributed by atoms with Crippen LogP contribution in [0.25, 0.3) is 22.2 Å². The first-order chi connectivity index (χ1) is 12.7. The lowest BCUT2D eigenvalue weighted by Crippen LogP contribution is -2.28. The van der Waals surface area contributed by atoms with Gasteiger partial charge in [-0.25, -0.2) is 19.7 Å². The molecule has 0 saturated heterocycles. The highest BCUT2D eigenvalue weighted by Crippen LogP contribution is 2.33. The number of hydrogen-bond donors (Lipinski definition) is 3. The number of H-pyrrole nitrogens is 1. The van der Waals surface area contributed by atoms with Crippen molar-refractivity contribution in [1.29, 1.82) is 0 Å². The SMILES string of the molecule is CCNC(=O)Nc1nc2c(N3CCC=N3)cc(-c3cncnc3)cc2[nH]1. The zero-order valence-electron chi connectivity index (χ0n) is 14.2. The number of anilines is 2. The Morgan fingerprint density at radius 2 is 2.12 bits per heavy atom. The van der Waals surface area contributed by atoms with E-state index in [0.717, 1.165) is 40.8 Å². The summed E-state index contributed by atoms with van der Waals surface area (Å²) >= 11 is 0. The molecule has 0 fully saturated rings. The minimum Gasteiger partial charge on any atom is -0.338 e. The number of carbonyl (C=O) groups is 1. The van der Waals surface area contributed by atoms with Crippen LogP contribution in [0.4, 0.5) is 16.4 Å². The Hall–Kier alpha value is -3.49. The van der Waals surface area contributed by atoms with Crippen LogP contribution in [0.5, 0.6) is 0 Å². The van der Waals surface area contributed by atoms with E-state index in [0.29, 0.717) is 12.5 Å². The van der Waals surface area contributed by atoms with Crippen LogP contribution in [0.3, 0.4) is 0 Å². The second kappa shape index (κ2) is 6.79. The monoisotopic (exact) mass is 350 g/mol. The van der Waals surface area contributed by atoms with Crippen molar-refractivity contribution in [3.8, 4) is 11.1 Å². The van der Waals surface area contributed by atoms with Crippen LogP contribution in [0, 0.1) is 0 Å². The Morgan fingerprint density at radius 3 is 2.85 bits per heavy atom. The molecule has 0 radical (unpaired) electrons. The summed E-state index contributed by atoms with van der Waals surface area (Å²) in [6, 6.07) is 3.68. The number of imidazole rings is 1. The summed E-state index contributed by atoms with van der Waals surface area (Å²) in [5.74, 6) is 0.386. The molecule has 0 saturated carbocycles. The molecule has 0 atom stereocenters. The van der Waals surface area contributed by atoms with Gasteiger partial charge in [-0.1, -0.05) is 0 Å². The molecule has 3 heterocycles. The zero-order valence-corrected chi connectivity index (χ0v) is 14.2. The summed E-state index contributed by atoms with van der Waals surface area (Å²) in [5.41, 5.74) is 4.26.